The number of aliphatic hydroxyl groups excluding tert-OH is 2. The van der Waals surface area contributed by atoms with Crippen molar-refractivity contribution in [2.75, 3.05) is 13.2 Å². The molecule has 0 unspecified atom stereocenters. The first-order valence-electron chi connectivity index (χ1n) is 10.6. The van der Waals surface area contributed by atoms with E-state index in [2.05, 4.69) is 22.1 Å². The van der Waals surface area contributed by atoms with Crippen molar-refractivity contribution in [3.05, 3.63) is 56.9 Å². The molecule has 0 aliphatic rings. The number of hydrogen-bond donors (Lipinski definition) is 3. The zero-order chi connectivity index (χ0) is 22.0. The van der Waals surface area contributed by atoms with Gasteiger partial charge in [0.15, 0.2) is 11.2 Å². The molecule has 0 saturated heterocycles. The molecule has 0 radical (unpaired) electrons. The minimum absolute atomic E-state index is 0.111. The maximum Gasteiger partial charge on any atom is 0.329 e. The van der Waals surface area contributed by atoms with Gasteiger partial charge in [0.1, 0.15) is 0 Å². The lowest BCUT2D eigenvalue weighted by Gasteiger charge is -2.09. The number of imidazole rings is 2. The smallest absolute Gasteiger partial charge is 0.329 e. The van der Waals surface area contributed by atoms with Crippen LogP contribution in [0, 0.1) is 0 Å². The van der Waals surface area contributed by atoms with E-state index in [1.165, 1.54) is 10.1 Å². The third kappa shape index (κ3) is 3.94. The third-order valence-corrected chi connectivity index (χ3v) is 5.63. The summed E-state index contributed by atoms with van der Waals surface area (Å²) in [6, 6.07) is 8.26. The molecule has 4 rings (SSSR count). The van der Waals surface area contributed by atoms with Crippen LogP contribution in [0.2, 0.25) is 0 Å². The Balaban J connectivity index is 1.82. The highest BCUT2D eigenvalue weighted by Gasteiger charge is 2.19. The van der Waals surface area contributed by atoms with Crippen LogP contribution in [0.25, 0.3) is 28.2 Å². The molecule has 0 aliphatic heterocycles. The highest BCUT2D eigenvalue weighted by Crippen LogP contribution is 2.26. The van der Waals surface area contributed by atoms with Gasteiger partial charge in [0, 0.05) is 33.0 Å². The lowest BCUT2D eigenvalue weighted by Crippen LogP contribution is -2.28. The molecule has 0 fully saturated rings. The van der Waals surface area contributed by atoms with E-state index < -0.39 is 11.2 Å². The van der Waals surface area contributed by atoms with E-state index in [4.69, 9.17) is 5.11 Å². The number of aryl methyl sites for hydroxylation is 3. The Hall–Kier alpha value is -3.17. The average Bonchev–Trinajstić information content (AvgIpc) is 3.30. The van der Waals surface area contributed by atoms with Crippen molar-refractivity contribution in [3.8, 4) is 11.3 Å². The van der Waals surface area contributed by atoms with Gasteiger partial charge < -0.3 is 14.8 Å². The Labute approximate surface area is 178 Å². The predicted molar refractivity (Wildman–Crippen MR) is 118 cm³/mol. The van der Waals surface area contributed by atoms with Crippen molar-refractivity contribution >= 4 is 16.9 Å². The van der Waals surface area contributed by atoms with Crippen LogP contribution >= 0.6 is 0 Å². The molecule has 0 saturated carbocycles. The van der Waals surface area contributed by atoms with Crippen molar-refractivity contribution < 1.29 is 10.2 Å². The fourth-order valence-corrected chi connectivity index (χ4v) is 3.92. The molecule has 4 aromatic rings. The van der Waals surface area contributed by atoms with Gasteiger partial charge in [0.2, 0.25) is 5.78 Å². The number of rotatable bonds is 9. The molecular weight excluding hydrogens is 398 g/mol. The lowest BCUT2D eigenvalue weighted by atomic mass is 10.0. The first-order valence-corrected chi connectivity index (χ1v) is 10.6. The van der Waals surface area contributed by atoms with Crippen molar-refractivity contribution in [2.24, 2.45) is 7.05 Å². The Kier molecular flexibility index (Phi) is 6.06. The van der Waals surface area contributed by atoms with E-state index in [0.29, 0.717) is 29.9 Å². The van der Waals surface area contributed by atoms with Gasteiger partial charge in [-0.3, -0.25) is 18.7 Å². The fraction of sp³-hybridized carbons (Fsp3) is 0.409. The Morgan fingerprint density at radius 2 is 1.71 bits per heavy atom. The van der Waals surface area contributed by atoms with E-state index >= 15 is 0 Å². The molecule has 0 atom stereocenters. The van der Waals surface area contributed by atoms with Gasteiger partial charge in [0.25, 0.3) is 5.56 Å². The Bertz CT molecular complexity index is 1310. The maximum absolute atomic E-state index is 12.5. The van der Waals surface area contributed by atoms with Gasteiger partial charge in [-0.25, -0.2) is 4.79 Å². The second-order valence-corrected chi connectivity index (χ2v) is 7.75. The molecule has 0 bridgehead atoms. The molecule has 164 valence electrons. The van der Waals surface area contributed by atoms with E-state index in [1.54, 1.807) is 11.4 Å². The summed E-state index contributed by atoms with van der Waals surface area (Å²) in [6.07, 6.45) is 5.93. The normalized spacial score (nSPS) is 11.7. The Morgan fingerprint density at radius 3 is 2.42 bits per heavy atom. The molecule has 31 heavy (non-hydrogen) atoms. The molecule has 9 heteroatoms. The van der Waals surface area contributed by atoms with Crippen LogP contribution in [-0.2, 0) is 20.0 Å². The summed E-state index contributed by atoms with van der Waals surface area (Å²) in [4.78, 5) is 31.5. The van der Waals surface area contributed by atoms with Gasteiger partial charge in [-0.05, 0) is 43.2 Å². The highest BCUT2D eigenvalue weighted by atomic mass is 16.3. The van der Waals surface area contributed by atoms with Gasteiger partial charge in [-0.2, -0.15) is 4.98 Å². The number of hydrogen-bond acceptors (Lipinski definition) is 5. The second kappa shape index (κ2) is 8.91. The largest absolute Gasteiger partial charge is 0.396 e. The van der Waals surface area contributed by atoms with E-state index in [0.717, 1.165) is 36.9 Å². The molecule has 1 aromatic carbocycles. The third-order valence-electron chi connectivity index (χ3n) is 5.63. The highest BCUT2D eigenvalue weighted by molar-refractivity contribution is 5.78. The summed E-state index contributed by atoms with van der Waals surface area (Å²) in [5, 5.41) is 18.2. The minimum Gasteiger partial charge on any atom is -0.396 e. The van der Waals surface area contributed by atoms with Gasteiger partial charge in [-0.15, -0.1) is 0 Å². The van der Waals surface area contributed by atoms with Crippen LogP contribution in [-0.4, -0.2) is 46.9 Å². The number of aromatic nitrogens is 5. The van der Waals surface area contributed by atoms with E-state index in [-0.39, 0.29) is 13.2 Å². The van der Waals surface area contributed by atoms with Crippen molar-refractivity contribution in [1.82, 2.24) is 23.5 Å². The number of aliphatic hydroxyl groups is 2. The van der Waals surface area contributed by atoms with Crippen LogP contribution in [0.4, 0.5) is 0 Å². The summed E-state index contributed by atoms with van der Waals surface area (Å²) < 4.78 is 5.10. The van der Waals surface area contributed by atoms with E-state index in [1.807, 2.05) is 22.9 Å². The molecular formula is C22H27N5O4. The standard InChI is InChI=1S/C22H27N5O4/c1-25-19-18(20(30)24-22(25)31)27-14-17(26(21(27)23-19)11-3-5-13-29)16-9-7-15(8-10-16)6-2-4-12-28/h7-10,14,28-29H,2-6,11-13H2,1H3,(H,24,30,31). The van der Waals surface area contributed by atoms with Crippen molar-refractivity contribution in [1.29, 1.82) is 0 Å². The Morgan fingerprint density at radius 1 is 1.00 bits per heavy atom. The maximum atomic E-state index is 12.5. The molecule has 3 N–H and O–H groups in total. The number of nitrogens with zero attached hydrogens (tertiary/aromatic N) is 4. The lowest BCUT2D eigenvalue weighted by molar-refractivity contribution is 0.281. The van der Waals surface area contributed by atoms with Crippen LogP contribution in [0.5, 0.6) is 0 Å². The van der Waals surface area contributed by atoms with Gasteiger partial charge >= 0.3 is 5.69 Å². The minimum atomic E-state index is -0.498. The van der Waals surface area contributed by atoms with Gasteiger partial charge in [-0.1, -0.05) is 24.3 Å². The van der Waals surface area contributed by atoms with Crippen LogP contribution in [0.1, 0.15) is 31.2 Å². The fourth-order valence-electron chi connectivity index (χ4n) is 3.92. The molecule has 0 spiro atoms. The number of H-pyrrole nitrogens is 1. The number of fused-ring (bicyclic) bond motifs is 3. The average molecular weight is 425 g/mol. The molecule has 3 heterocycles. The topological polar surface area (TPSA) is 118 Å². The van der Waals surface area contributed by atoms with E-state index in [9.17, 15) is 14.7 Å². The molecule has 0 aliphatic carbocycles. The summed E-state index contributed by atoms with van der Waals surface area (Å²) in [6.45, 7) is 0.942. The summed E-state index contributed by atoms with van der Waals surface area (Å²) in [7, 11) is 1.58. The second-order valence-electron chi connectivity index (χ2n) is 7.75. The quantitative estimate of drug-likeness (QED) is 0.351. The number of benzene rings is 1. The SMILES string of the molecule is Cn1c(=O)[nH]c(=O)c2c1nc1n(CCCCO)c(-c3ccc(CCCCO)cc3)cn21. The number of aromatic amines is 1. The molecule has 0 amide bonds. The summed E-state index contributed by atoms with van der Waals surface area (Å²) >= 11 is 0. The molecule has 3 aromatic heterocycles. The van der Waals surface area contributed by atoms with Crippen LogP contribution < -0.4 is 11.2 Å². The summed E-state index contributed by atoms with van der Waals surface area (Å²) in [5.74, 6) is 0.585. The number of nitrogens with one attached hydrogen (secondary N) is 1. The zero-order valence-electron chi connectivity index (χ0n) is 17.5. The van der Waals surface area contributed by atoms with Crippen LogP contribution in [0.15, 0.2) is 40.1 Å². The first kappa shape index (κ1) is 21.1. The first-order chi connectivity index (χ1) is 15.0. The summed E-state index contributed by atoms with van der Waals surface area (Å²) in [5.41, 5.74) is 2.82. The van der Waals surface area contributed by atoms with Crippen molar-refractivity contribution in [3.63, 3.8) is 0 Å². The van der Waals surface area contributed by atoms with Crippen molar-refractivity contribution in [2.45, 2.75) is 38.6 Å². The number of unbranched alkanes of at least 4 members (excludes halogenated alkanes) is 2. The molecule has 9 nitrogen and oxygen atoms in total. The predicted octanol–water partition coefficient (Wildman–Crippen LogP) is 1.43. The van der Waals surface area contributed by atoms with Gasteiger partial charge in [0.05, 0.1) is 5.69 Å². The van der Waals surface area contributed by atoms with Crippen LogP contribution in [0.3, 0.4) is 0 Å². The monoisotopic (exact) mass is 425 g/mol. The zero-order valence-corrected chi connectivity index (χ0v) is 17.5.